The van der Waals surface area contributed by atoms with Crippen LogP contribution in [-0.2, 0) is 19.4 Å². The van der Waals surface area contributed by atoms with Crippen LogP contribution in [0.15, 0.2) is 91.0 Å². The zero-order valence-electron chi connectivity index (χ0n) is 17.9. The molecule has 0 spiro atoms. The van der Waals surface area contributed by atoms with Gasteiger partial charge < -0.3 is 9.47 Å². The van der Waals surface area contributed by atoms with Gasteiger partial charge in [0, 0.05) is 11.6 Å². The maximum atomic E-state index is 13.2. The van der Waals surface area contributed by atoms with Crippen LogP contribution in [0.25, 0.3) is 0 Å². The summed E-state index contributed by atoms with van der Waals surface area (Å²) in [5.74, 6) is 5.66. The first-order valence-corrected chi connectivity index (χ1v) is 10.4. The number of ether oxygens (including phenoxy) is 2. The number of hydrogen-bond donors (Lipinski definition) is 0. The zero-order valence-corrected chi connectivity index (χ0v) is 17.9. The molecule has 1 heterocycles. The van der Waals surface area contributed by atoms with Gasteiger partial charge in [-0.1, -0.05) is 78.7 Å². The lowest BCUT2D eigenvalue weighted by atomic mass is 10.1. The van der Waals surface area contributed by atoms with Crippen LogP contribution in [0.3, 0.4) is 0 Å². The lowest BCUT2D eigenvalue weighted by Crippen LogP contribution is -2.07. The van der Waals surface area contributed by atoms with E-state index in [2.05, 4.69) is 22.0 Å². The summed E-state index contributed by atoms with van der Waals surface area (Å²) >= 11 is 0. The molecule has 0 unspecified atom stereocenters. The number of benzene rings is 3. The molecule has 170 valence electrons. The molecule has 3 aromatic carbocycles. The average Bonchev–Trinajstić information content (AvgIpc) is 2.86. The molecule has 1 aromatic heterocycles. The van der Waals surface area contributed by atoms with Crippen LogP contribution in [-0.4, -0.2) is 10.2 Å². The molecule has 0 saturated carbocycles. The average molecular weight is 460 g/mol. The second-order valence-corrected chi connectivity index (χ2v) is 7.24. The third-order valence-corrected chi connectivity index (χ3v) is 4.74. The quantitative estimate of drug-likeness (QED) is 0.329. The molecule has 0 N–H and O–H groups in total. The lowest BCUT2D eigenvalue weighted by Gasteiger charge is -2.12. The first-order chi connectivity index (χ1) is 16.5. The van der Waals surface area contributed by atoms with Gasteiger partial charge in [0.1, 0.15) is 18.9 Å². The van der Waals surface area contributed by atoms with Crippen molar-refractivity contribution in [3.63, 3.8) is 0 Å². The molecule has 4 nitrogen and oxygen atoms in total. The van der Waals surface area contributed by atoms with Crippen molar-refractivity contribution in [3.8, 4) is 23.5 Å². The molecule has 0 aliphatic rings. The van der Waals surface area contributed by atoms with Crippen molar-refractivity contribution in [1.29, 1.82) is 0 Å². The molecule has 4 rings (SSSR count). The molecular weight excluding hydrogens is 441 g/mol. The van der Waals surface area contributed by atoms with Crippen molar-refractivity contribution in [1.82, 2.24) is 10.2 Å². The minimum atomic E-state index is -4.50. The van der Waals surface area contributed by atoms with Gasteiger partial charge in [-0.15, -0.1) is 10.2 Å². The lowest BCUT2D eigenvalue weighted by molar-refractivity contribution is -0.137. The number of nitrogens with zero attached hydrogens (tertiary/aromatic N) is 2. The summed E-state index contributed by atoms with van der Waals surface area (Å²) in [5.41, 5.74) is 1.07. The van der Waals surface area contributed by atoms with E-state index in [1.807, 2.05) is 60.7 Å². The summed E-state index contributed by atoms with van der Waals surface area (Å²) in [5, 5.41) is 8.07. The predicted octanol–water partition coefficient (Wildman–Crippen LogP) is 6.05. The summed E-state index contributed by atoms with van der Waals surface area (Å²) in [6.45, 7) is 0.499. The Bertz CT molecular complexity index is 1300. The Labute approximate surface area is 195 Å². The fourth-order valence-electron chi connectivity index (χ4n) is 3.06. The van der Waals surface area contributed by atoms with Gasteiger partial charge in [0.25, 0.3) is 5.88 Å². The molecule has 0 aliphatic carbocycles. The van der Waals surface area contributed by atoms with Crippen molar-refractivity contribution < 1.29 is 22.6 Å². The predicted molar refractivity (Wildman–Crippen MR) is 121 cm³/mol. The maximum Gasteiger partial charge on any atom is 0.417 e. The Morgan fingerprint density at radius 1 is 0.676 bits per heavy atom. The van der Waals surface area contributed by atoms with Gasteiger partial charge in [-0.05, 0) is 29.2 Å². The van der Waals surface area contributed by atoms with Gasteiger partial charge >= 0.3 is 6.18 Å². The smallest absolute Gasteiger partial charge is 0.417 e. The van der Waals surface area contributed by atoms with Gasteiger partial charge in [0.2, 0.25) is 0 Å². The van der Waals surface area contributed by atoms with Crippen LogP contribution >= 0.6 is 0 Å². The van der Waals surface area contributed by atoms with E-state index in [4.69, 9.17) is 9.47 Å². The number of rotatable bonds is 6. The summed E-state index contributed by atoms with van der Waals surface area (Å²) in [4.78, 5) is 0. The topological polar surface area (TPSA) is 44.2 Å². The third kappa shape index (κ3) is 6.14. The fourth-order valence-corrected chi connectivity index (χ4v) is 3.06. The van der Waals surface area contributed by atoms with E-state index >= 15 is 0 Å². The highest BCUT2D eigenvalue weighted by molar-refractivity contribution is 5.47. The largest absolute Gasteiger partial charge is 0.483 e. The van der Waals surface area contributed by atoms with Crippen LogP contribution in [0.4, 0.5) is 13.2 Å². The molecule has 0 radical (unpaired) electrons. The SMILES string of the molecule is FC(F)(F)c1ccccc1C#Cc1cc(OCc2ccccc2)c(OCc2ccccc2)nn1. The number of halogens is 3. The number of alkyl halides is 3. The Morgan fingerprint density at radius 3 is 1.91 bits per heavy atom. The van der Waals surface area contributed by atoms with Gasteiger partial charge in [-0.2, -0.15) is 13.2 Å². The van der Waals surface area contributed by atoms with Crippen molar-refractivity contribution in [2.75, 3.05) is 0 Å². The zero-order chi connectivity index (χ0) is 23.8. The molecular formula is C27H19F3N2O2. The second kappa shape index (κ2) is 10.5. The normalized spacial score (nSPS) is 10.8. The summed E-state index contributed by atoms with van der Waals surface area (Å²) in [7, 11) is 0. The van der Waals surface area contributed by atoms with E-state index in [-0.39, 0.29) is 30.4 Å². The molecule has 0 amide bonds. The summed E-state index contributed by atoms with van der Waals surface area (Å²) < 4.78 is 51.4. The molecule has 0 saturated heterocycles. The highest BCUT2D eigenvalue weighted by Crippen LogP contribution is 2.31. The third-order valence-electron chi connectivity index (χ3n) is 4.74. The van der Waals surface area contributed by atoms with Gasteiger partial charge in [0.15, 0.2) is 5.75 Å². The number of aromatic nitrogens is 2. The van der Waals surface area contributed by atoms with E-state index in [1.54, 1.807) is 0 Å². The molecule has 0 bridgehead atoms. The number of hydrogen-bond acceptors (Lipinski definition) is 4. The Hall–Kier alpha value is -4.31. The van der Waals surface area contributed by atoms with Gasteiger partial charge in [-0.25, -0.2) is 0 Å². The van der Waals surface area contributed by atoms with Crippen molar-refractivity contribution in [2.24, 2.45) is 0 Å². The van der Waals surface area contributed by atoms with E-state index in [0.29, 0.717) is 5.75 Å². The monoisotopic (exact) mass is 460 g/mol. The molecule has 0 aliphatic heterocycles. The minimum Gasteiger partial charge on any atom is -0.483 e. The van der Waals surface area contributed by atoms with E-state index in [0.717, 1.165) is 17.2 Å². The van der Waals surface area contributed by atoms with Crippen LogP contribution in [0.5, 0.6) is 11.6 Å². The van der Waals surface area contributed by atoms with E-state index in [9.17, 15) is 13.2 Å². The van der Waals surface area contributed by atoms with Crippen LogP contribution in [0, 0.1) is 11.8 Å². The van der Waals surface area contributed by atoms with Gasteiger partial charge in [-0.3, -0.25) is 0 Å². The van der Waals surface area contributed by atoms with E-state index in [1.165, 1.54) is 24.3 Å². The Balaban J connectivity index is 1.60. The molecule has 0 fully saturated rings. The van der Waals surface area contributed by atoms with Crippen molar-refractivity contribution in [3.05, 3.63) is 119 Å². The molecule has 4 aromatic rings. The van der Waals surface area contributed by atoms with Crippen LogP contribution < -0.4 is 9.47 Å². The summed E-state index contributed by atoms with van der Waals surface area (Å²) in [6.07, 6.45) is -4.50. The second-order valence-electron chi connectivity index (χ2n) is 7.24. The molecule has 34 heavy (non-hydrogen) atoms. The maximum absolute atomic E-state index is 13.2. The van der Waals surface area contributed by atoms with Crippen LogP contribution in [0.2, 0.25) is 0 Å². The van der Waals surface area contributed by atoms with Crippen molar-refractivity contribution >= 4 is 0 Å². The van der Waals surface area contributed by atoms with E-state index < -0.39 is 11.7 Å². The van der Waals surface area contributed by atoms with Crippen LogP contribution in [0.1, 0.15) is 27.9 Å². The minimum absolute atomic E-state index is 0.145. The first kappa shape index (κ1) is 22.9. The Kier molecular flexibility index (Phi) is 7.09. The molecule has 7 heteroatoms. The highest BCUT2D eigenvalue weighted by atomic mass is 19.4. The standard InChI is InChI=1S/C27H19F3N2O2/c28-27(29,30)24-14-8-7-13-22(24)15-16-23-17-25(33-18-20-9-3-1-4-10-20)26(32-31-23)34-19-21-11-5-2-6-12-21/h1-14,17H,18-19H2. The first-order valence-electron chi connectivity index (χ1n) is 10.4. The molecule has 0 atom stereocenters. The summed E-state index contributed by atoms with van der Waals surface area (Å²) in [6, 6.07) is 25.7. The van der Waals surface area contributed by atoms with Crippen molar-refractivity contribution in [2.45, 2.75) is 19.4 Å². The van der Waals surface area contributed by atoms with Gasteiger partial charge in [0.05, 0.1) is 5.56 Å². The highest BCUT2D eigenvalue weighted by Gasteiger charge is 2.32. The Morgan fingerprint density at radius 2 is 1.26 bits per heavy atom. The fraction of sp³-hybridized carbons (Fsp3) is 0.111.